The molecule has 1 aromatic carbocycles. The van der Waals surface area contributed by atoms with Gasteiger partial charge in [-0.25, -0.2) is 0 Å². The molecule has 1 atom stereocenters. The Morgan fingerprint density at radius 1 is 1.21 bits per heavy atom. The third kappa shape index (κ3) is 3.11. The molecule has 1 aliphatic rings. The lowest BCUT2D eigenvalue weighted by molar-refractivity contribution is 0.389. The fourth-order valence-electron chi connectivity index (χ4n) is 2.97. The van der Waals surface area contributed by atoms with E-state index >= 15 is 0 Å². The van der Waals surface area contributed by atoms with Gasteiger partial charge in [0.1, 0.15) is 5.75 Å². The summed E-state index contributed by atoms with van der Waals surface area (Å²) in [6, 6.07) is 5.14. The predicted molar refractivity (Wildman–Crippen MR) is 81.0 cm³/mol. The Labute approximate surface area is 117 Å². The topological polar surface area (TPSA) is 21.3 Å². The largest absolute Gasteiger partial charge is 0.496 e. The highest BCUT2D eigenvalue weighted by Crippen LogP contribution is 2.37. The minimum atomic E-state index is 0.112. The van der Waals surface area contributed by atoms with Gasteiger partial charge < -0.3 is 10.1 Å². The molecular weight excluding hydrogens is 234 g/mol. The van der Waals surface area contributed by atoms with Gasteiger partial charge in [0.15, 0.2) is 0 Å². The van der Waals surface area contributed by atoms with Gasteiger partial charge in [-0.1, -0.05) is 33.3 Å². The Kier molecular flexibility index (Phi) is 4.19. The zero-order valence-corrected chi connectivity index (χ0v) is 13.0. The van der Waals surface area contributed by atoms with Crippen LogP contribution in [0.25, 0.3) is 0 Å². The number of aryl methyl sites for hydroxylation is 1. The van der Waals surface area contributed by atoms with Gasteiger partial charge in [0.2, 0.25) is 0 Å². The maximum absolute atomic E-state index is 5.62. The highest BCUT2D eigenvalue weighted by molar-refractivity contribution is 5.48. The summed E-state index contributed by atoms with van der Waals surface area (Å²) in [5.74, 6) is 1.05. The molecule has 0 aliphatic carbocycles. The van der Waals surface area contributed by atoms with Gasteiger partial charge in [-0.2, -0.15) is 0 Å². The van der Waals surface area contributed by atoms with E-state index in [0.717, 1.165) is 12.3 Å². The molecule has 0 aromatic heterocycles. The molecule has 1 heterocycles. The maximum Gasteiger partial charge on any atom is 0.125 e. The molecule has 1 fully saturated rings. The molecule has 1 saturated heterocycles. The zero-order chi connectivity index (χ0) is 14.0. The SMILES string of the molecule is COc1c(C)cc(C2CCCCN2)cc1C(C)(C)C. The molecule has 2 nitrogen and oxygen atoms in total. The Morgan fingerprint density at radius 2 is 1.95 bits per heavy atom. The fraction of sp³-hybridized carbons (Fsp3) is 0.647. The van der Waals surface area contributed by atoms with Crippen molar-refractivity contribution in [2.24, 2.45) is 0 Å². The number of benzene rings is 1. The molecule has 19 heavy (non-hydrogen) atoms. The predicted octanol–water partition coefficient (Wildman–Crippen LogP) is 4.12. The van der Waals surface area contributed by atoms with E-state index in [9.17, 15) is 0 Å². The highest BCUT2D eigenvalue weighted by atomic mass is 16.5. The van der Waals surface area contributed by atoms with E-state index in [-0.39, 0.29) is 5.41 Å². The highest BCUT2D eigenvalue weighted by Gasteiger charge is 2.23. The summed E-state index contributed by atoms with van der Waals surface area (Å²) < 4.78 is 5.62. The van der Waals surface area contributed by atoms with Gasteiger partial charge in [-0.15, -0.1) is 0 Å². The fourth-order valence-corrected chi connectivity index (χ4v) is 2.97. The molecule has 1 unspecified atom stereocenters. The molecule has 2 heteroatoms. The second-order valence-corrected chi connectivity index (χ2v) is 6.67. The zero-order valence-electron chi connectivity index (χ0n) is 13.0. The van der Waals surface area contributed by atoms with Gasteiger partial charge >= 0.3 is 0 Å². The monoisotopic (exact) mass is 261 g/mol. The van der Waals surface area contributed by atoms with Gasteiger partial charge in [-0.3, -0.25) is 0 Å². The molecule has 1 aliphatic heterocycles. The van der Waals surface area contributed by atoms with Crippen molar-refractivity contribution in [3.63, 3.8) is 0 Å². The summed E-state index contributed by atoms with van der Waals surface area (Å²) in [4.78, 5) is 0. The summed E-state index contributed by atoms with van der Waals surface area (Å²) in [5.41, 5.74) is 4.10. The van der Waals surface area contributed by atoms with Crippen molar-refractivity contribution < 1.29 is 4.74 Å². The Bertz CT molecular complexity index is 439. The Morgan fingerprint density at radius 3 is 2.47 bits per heavy atom. The molecule has 1 N–H and O–H groups in total. The van der Waals surface area contributed by atoms with Crippen LogP contribution >= 0.6 is 0 Å². The van der Waals surface area contributed by atoms with Gasteiger partial charge in [0.25, 0.3) is 0 Å². The summed E-state index contributed by atoms with van der Waals surface area (Å²) in [7, 11) is 1.77. The number of hydrogen-bond acceptors (Lipinski definition) is 2. The number of ether oxygens (including phenoxy) is 1. The van der Waals surface area contributed by atoms with Crippen LogP contribution in [-0.4, -0.2) is 13.7 Å². The van der Waals surface area contributed by atoms with Crippen LogP contribution in [0.3, 0.4) is 0 Å². The minimum absolute atomic E-state index is 0.112. The number of rotatable bonds is 2. The lowest BCUT2D eigenvalue weighted by Gasteiger charge is -2.29. The van der Waals surface area contributed by atoms with Crippen molar-refractivity contribution in [1.82, 2.24) is 5.32 Å². The van der Waals surface area contributed by atoms with E-state index in [1.807, 2.05) is 0 Å². The Hall–Kier alpha value is -1.02. The lowest BCUT2D eigenvalue weighted by atomic mass is 9.82. The van der Waals surface area contributed by atoms with E-state index in [1.54, 1.807) is 7.11 Å². The molecule has 0 radical (unpaired) electrons. The van der Waals surface area contributed by atoms with E-state index in [4.69, 9.17) is 4.74 Å². The first kappa shape index (κ1) is 14.4. The van der Waals surface area contributed by atoms with Crippen LogP contribution in [0.5, 0.6) is 5.75 Å². The molecule has 0 amide bonds. The Balaban J connectivity index is 2.43. The van der Waals surface area contributed by atoms with E-state index in [0.29, 0.717) is 6.04 Å². The van der Waals surface area contributed by atoms with Crippen LogP contribution in [0.2, 0.25) is 0 Å². The maximum atomic E-state index is 5.62. The van der Waals surface area contributed by atoms with Crippen LogP contribution in [0.4, 0.5) is 0 Å². The number of piperidine rings is 1. The van der Waals surface area contributed by atoms with Crippen LogP contribution in [0.1, 0.15) is 62.8 Å². The van der Waals surface area contributed by atoms with Crippen LogP contribution in [0.15, 0.2) is 12.1 Å². The number of hydrogen-bond donors (Lipinski definition) is 1. The lowest BCUT2D eigenvalue weighted by Crippen LogP contribution is -2.27. The summed E-state index contributed by atoms with van der Waals surface area (Å²) >= 11 is 0. The van der Waals surface area contributed by atoms with Gasteiger partial charge in [0.05, 0.1) is 7.11 Å². The number of nitrogens with one attached hydrogen (secondary N) is 1. The van der Waals surface area contributed by atoms with E-state index < -0.39 is 0 Å². The molecule has 1 aromatic rings. The molecule has 0 spiro atoms. The molecular formula is C17H27NO. The minimum Gasteiger partial charge on any atom is -0.496 e. The van der Waals surface area contributed by atoms with Crippen LogP contribution in [-0.2, 0) is 5.41 Å². The summed E-state index contributed by atoms with van der Waals surface area (Å²) in [5, 5.41) is 3.64. The first-order valence-electron chi connectivity index (χ1n) is 7.36. The smallest absolute Gasteiger partial charge is 0.125 e. The molecule has 0 saturated carbocycles. The van der Waals surface area contributed by atoms with Crippen molar-refractivity contribution in [2.75, 3.05) is 13.7 Å². The molecule has 2 rings (SSSR count). The van der Waals surface area contributed by atoms with E-state index in [1.165, 1.54) is 36.0 Å². The van der Waals surface area contributed by atoms with Gasteiger partial charge in [-0.05, 0) is 48.9 Å². The van der Waals surface area contributed by atoms with Crippen molar-refractivity contribution in [3.8, 4) is 5.75 Å². The first-order valence-corrected chi connectivity index (χ1v) is 7.36. The van der Waals surface area contributed by atoms with Crippen LogP contribution in [0, 0.1) is 6.92 Å². The second kappa shape index (κ2) is 5.54. The standard InChI is InChI=1S/C17H27NO/c1-12-10-13(15-8-6-7-9-18-15)11-14(16(12)19-5)17(2,3)4/h10-11,15,18H,6-9H2,1-5H3. The van der Waals surface area contributed by atoms with Crippen molar-refractivity contribution in [3.05, 3.63) is 28.8 Å². The number of methoxy groups -OCH3 is 1. The normalized spacial score (nSPS) is 20.4. The first-order chi connectivity index (χ1) is 8.93. The summed E-state index contributed by atoms with van der Waals surface area (Å²) in [6.45, 7) is 10.0. The molecule has 106 valence electrons. The van der Waals surface area contributed by atoms with Gasteiger partial charge in [0, 0.05) is 11.6 Å². The van der Waals surface area contributed by atoms with Crippen molar-refractivity contribution >= 4 is 0 Å². The quantitative estimate of drug-likeness (QED) is 0.865. The summed E-state index contributed by atoms with van der Waals surface area (Å²) in [6.07, 6.45) is 3.88. The van der Waals surface area contributed by atoms with Crippen LogP contribution < -0.4 is 10.1 Å². The molecule has 0 bridgehead atoms. The third-order valence-corrected chi connectivity index (χ3v) is 4.02. The second-order valence-electron chi connectivity index (χ2n) is 6.67. The average Bonchev–Trinajstić information content (AvgIpc) is 2.37. The van der Waals surface area contributed by atoms with E-state index in [2.05, 4.69) is 45.1 Å². The van der Waals surface area contributed by atoms with Crippen molar-refractivity contribution in [1.29, 1.82) is 0 Å². The third-order valence-electron chi connectivity index (χ3n) is 4.02. The van der Waals surface area contributed by atoms with Crippen molar-refractivity contribution in [2.45, 2.75) is 58.4 Å². The average molecular weight is 261 g/mol.